The number of sulfonamides is 1. The number of aryl methyl sites for hydroxylation is 1. The maximum Gasteiger partial charge on any atom is 0.352 e. The summed E-state index contributed by atoms with van der Waals surface area (Å²) in [5.74, 6) is -1.19. The van der Waals surface area contributed by atoms with Crippen molar-refractivity contribution in [2.24, 2.45) is 0 Å². The molecule has 0 aliphatic heterocycles. The maximum absolute atomic E-state index is 12.0. The lowest BCUT2D eigenvalue weighted by atomic mass is 10.2. The fourth-order valence-electron chi connectivity index (χ4n) is 1.60. The highest BCUT2D eigenvalue weighted by Gasteiger charge is 2.25. The topological polar surface area (TPSA) is 99.3 Å². The normalized spacial score (nSPS) is 11.5. The fourth-order valence-corrected chi connectivity index (χ4v) is 3.39. The van der Waals surface area contributed by atoms with Gasteiger partial charge in [0.1, 0.15) is 10.6 Å². The Morgan fingerprint density at radius 1 is 1.50 bits per heavy atom. The molecule has 100 valence electrons. The molecular weight excluding hydrogens is 324 g/mol. The maximum atomic E-state index is 12.0. The van der Waals surface area contributed by atoms with Crippen LogP contribution in [0.5, 0.6) is 0 Å². The number of carboxylic acid groups (broad SMARTS) is 1. The monoisotopic (exact) mass is 336 g/mol. The van der Waals surface area contributed by atoms with Gasteiger partial charge in [0.25, 0.3) is 0 Å². The van der Waals surface area contributed by atoms with Gasteiger partial charge in [-0.05, 0) is 13.8 Å². The van der Waals surface area contributed by atoms with Crippen LogP contribution < -0.4 is 4.72 Å². The van der Waals surface area contributed by atoms with Crippen LogP contribution in [0.25, 0.3) is 0 Å². The molecule has 0 spiro atoms. The van der Waals surface area contributed by atoms with Crippen molar-refractivity contribution in [3.63, 3.8) is 0 Å². The number of rotatable bonds is 5. The number of hydrogen-bond acceptors (Lipinski definition) is 3. The third kappa shape index (κ3) is 3.01. The Bertz CT molecular complexity index is 604. The van der Waals surface area contributed by atoms with E-state index in [2.05, 4.69) is 32.2 Å². The summed E-state index contributed by atoms with van der Waals surface area (Å²) in [6.45, 7) is 6.51. The first-order valence-electron chi connectivity index (χ1n) is 4.92. The Kier molecular flexibility index (Phi) is 4.36. The molecule has 0 bridgehead atoms. The van der Waals surface area contributed by atoms with Crippen molar-refractivity contribution >= 4 is 31.9 Å². The molecular formula is C10H13BrN2O4S. The first-order chi connectivity index (χ1) is 8.16. The van der Waals surface area contributed by atoms with Crippen molar-refractivity contribution in [2.45, 2.75) is 18.7 Å². The molecule has 1 aromatic heterocycles. The van der Waals surface area contributed by atoms with E-state index < -0.39 is 16.0 Å². The van der Waals surface area contributed by atoms with Gasteiger partial charge in [0.15, 0.2) is 0 Å². The van der Waals surface area contributed by atoms with Crippen LogP contribution in [0.1, 0.15) is 21.7 Å². The van der Waals surface area contributed by atoms with E-state index in [9.17, 15) is 13.2 Å². The molecule has 0 fully saturated rings. The van der Waals surface area contributed by atoms with Gasteiger partial charge in [-0.3, -0.25) is 0 Å². The van der Waals surface area contributed by atoms with E-state index in [0.29, 0.717) is 4.48 Å². The van der Waals surface area contributed by atoms with Crippen molar-refractivity contribution in [2.75, 3.05) is 6.54 Å². The SMILES string of the molecule is C=C(Br)CNS(=O)(=O)c1c(C)[nH]c(C(=O)O)c1C. The lowest BCUT2D eigenvalue weighted by molar-refractivity contribution is 0.0690. The van der Waals surface area contributed by atoms with Gasteiger partial charge < -0.3 is 10.1 Å². The Hall–Kier alpha value is -1.12. The van der Waals surface area contributed by atoms with Gasteiger partial charge in [-0.15, -0.1) is 0 Å². The van der Waals surface area contributed by atoms with E-state index in [1.807, 2.05) is 0 Å². The number of carboxylic acids is 1. The number of halogens is 1. The third-order valence-electron chi connectivity index (χ3n) is 2.31. The number of H-pyrrole nitrogens is 1. The van der Waals surface area contributed by atoms with Gasteiger partial charge in [0.05, 0.1) is 0 Å². The Morgan fingerprint density at radius 3 is 2.44 bits per heavy atom. The van der Waals surface area contributed by atoms with Crippen molar-refractivity contribution in [1.82, 2.24) is 9.71 Å². The van der Waals surface area contributed by atoms with Crippen LogP contribution in [0.4, 0.5) is 0 Å². The quantitative estimate of drug-likeness (QED) is 0.758. The van der Waals surface area contributed by atoms with Crippen LogP contribution in [-0.4, -0.2) is 31.0 Å². The van der Waals surface area contributed by atoms with Crippen LogP contribution in [-0.2, 0) is 10.0 Å². The molecule has 0 amide bonds. The van der Waals surface area contributed by atoms with Gasteiger partial charge in [-0.2, -0.15) is 0 Å². The summed E-state index contributed by atoms with van der Waals surface area (Å²) in [4.78, 5) is 13.4. The predicted octanol–water partition coefficient (Wildman–Crippen LogP) is 1.52. The average Bonchev–Trinajstić information content (AvgIpc) is 2.52. The van der Waals surface area contributed by atoms with Gasteiger partial charge in [-0.25, -0.2) is 17.9 Å². The van der Waals surface area contributed by atoms with Crippen LogP contribution in [0.15, 0.2) is 16.0 Å². The van der Waals surface area contributed by atoms with Crippen LogP contribution in [0.2, 0.25) is 0 Å². The summed E-state index contributed by atoms with van der Waals surface area (Å²) < 4.78 is 26.9. The van der Waals surface area contributed by atoms with Gasteiger partial charge >= 0.3 is 5.97 Å². The predicted molar refractivity (Wildman–Crippen MR) is 70.5 cm³/mol. The van der Waals surface area contributed by atoms with Crippen molar-refractivity contribution in [3.8, 4) is 0 Å². The molecule has 1 aromatic rings. The highest BCUT2D eigenvalue weighted by atomic mass is 79.9. The van der Waals surface area contributed by atoms with Gasteiger partial charge in [0, 0.05) is 22.3 Å². The Balaban J connectivity index is 3.25. The minimum atomic E-state index is -3.76. The summed E-state index contributed by atoms with van der Waals surface area (Å²) in [5.41, 5.74) is 0.357. The molecule has 0 unspecified atom stereocenters. The van der Waals surface area contributed by atoms with Crippen molar-refractivity contribution in [1.29, 1.82) is 0 Å². The van der Waals surface area contributed by atoms with Gasteiger partial charge in [0.2, 0.25) is 10.0 Å². The second-order valence-electron chi connectivity index (χ2n) is 3.73. The van der Waals surface area contributed by atoms with Crippen LogP contribution >= 0.6 is 15.9 Å². The Labute approximate surface area is 113 Å². The molecule has 18 heavy (non-hydrogen) atoms. The minimum absolute atomic E-state index is 0.0337. The Morgan fingerprint density at radius 2 is 2.06 bits per heavy atom. The molecule has 0 aliphatic rings. The zero-order valence-corrected chi connectivity index (χ0v) is 12.3. The highest BCUT2D eigenvalue weighted by molar-refractivity contribution is 9.11. The first-order valence-corrected chi connectivity index (χ1v) is 7.20. The molecule has 1 heterocycles. The number of aromatic amines is 1. The number of aromatic carboxylic acids is 1. The molecule has 0 saturated carbocycles. The molecule has 0 atom stereocenters. The number of aromatic nitrogens is 1. The molecule has 8 heteroatoms. The minimum Gasteiger partial charge on any atom is -0.477 e. The fraction of sp³-hybridized carbons (Fsp3) is 0.300. The standard InChI is InChI=1S/C10H13BrN2O4S/c1-5(11)4-12-18(16,17)9-6(2)8(10(14)15)13-7(9)3/h12-13H,1,4H2,2-3H3,(H,14,15). The van der Waals surface area contributed by atoms with E-state index in [1.54, 1.807) is 0 Å². The summed E-state index contributed by atoms with van der Waals surface area (Å²) in [7, 11) is -3.76. The molecule has 3 N–H and O–H groups in total. The van der Waals surface area contributed by atoms with E-state index in [1.165, 1.54) is 13.8 Å². The van der Waals surface area contributed by atoms with Gasteiger partial charge in [-0.1, -0.05) is 22.5 Å². The summed E-state index contributed by atoms with van der Waals surface area (Å²) in [5, 5.41) is 8.92. The zero-order chi connectivity index (χ0) is 14.1. The summed E-state index contributed by atoms with van der Waals surface area (Å²) >= 11 is 3.04. The third-order valence-corrected chi connectivity index (χ3v) is 4.26. The van der Waals surface area contributed by atoms with E-state index >= 15 is 0 Å². The van der Waals surface area contributed by atoms with Crippen molar-refractivity contribution in [3.05, 3.63) is 28.0 Å². The first kappa shape index (κ1) is 14.9. The zero-order valence-electron chi connectivity index (χ0n) is 9.87. The largest absolute Gasteiger partial charge is 0.477 e. The highest BCUT2D eigenvalue weighted by Crippen LogP contribution is 2.23. The second kappa shape index (κ2) is 5.25. The number of nitrogens with one attached hydrogen (secondary N) is 2. The van der Waals surface area contributed by atoms with Crippen LogP contribution in [0, 0.1) is 13.8 Å². The molecule has 1 rings (SSSR count). The lowest BCUT2D eigenvalue weighted by Gasteiger charge is -2.06. The number of carbonyl (C=O) groups is 1. The van der Waals surface area contributed by atoms with Crippen molar-refractivity contribution < 1.29 is 18.3 Å². The average molecular weight is 337 g/mol. The molecule has 0 aliphatic carbocycles. The molecule has 0 saturated heterocycles. The second-order valence-corrected chi connectivity index (χ2v) is 6.55. The molecule has 0 radical (unpaired) electrons. The number of hydrogen-bond donors (Lipinski definition) is 3. The lowest BCUT2D eigenvalue weighted by Crippen LogP contribution is -2.25. The molecule has 6 nitrogen and oxygen atoms in total. The van der Waals surface area contributed by atoms with E-state index in [0.717, 1.165) is 0 Å². The van der Waals surface area contributed by atoms with Crippen LogP contribution in [0.3, 0.4) is 0 Å². The summed E-state index contributed by atoms with van der Waals surface area (Å²) in [6, 6.07) is 0. The van der Waals surface area contributed by atoms with E-state index in [4.69, 9.17) is 5.11 Å². The summed E-state index contributed by atoms with van der Waals surface area (Å²) in [6.07, 6.45) is 0. The smallest absolute Gasteiger partial charge is 0.352 e. The van der Waals surface area contributed by atoms with E-state index in [-0.39, 0.29) is 28.4 Å². The molecule has 0 aromatic carbocycles.